The standard InChI is InChI=1S/C13H7F6NO/c14-8-3-2-7(10(15)11(8)16)12(21)9-4-1-6(5-20-9)13(17,18)19/h1-5,12,21H. The molecule has 1 heterocycles. The molecule has 0 fully saturated rings. The van der Waals surface area contributed by atoms with Crippen molar-refractivity contribution < 1.29 is 31.4 Å². The smallest absolute Gasteiger partial charge is 0.382 e. The number of aliphatic hydroxyl groups is 1. The van der Waals surface area contributed by atoms with Crippen molar-refractivity contribution in [1.82, 2.24) is 4.98 Å². The average Bonchev–Trinajstić information content (AvgIpc) is 2.43. The van der Waals surface area contributed by atoms with Crippen molar-refractivity contribution in [3.8, 4) is 0 Å². The Bertz CT molecular complexity index is 653. The summed E-state index contributed by atoms with van der Waals surface area (Å²) in [5.41, 5.74) is -2.00. The van der Waals surface area contributed by atoms with Gasteiger partial charge in [-0.1, -0.05) is 0 Å². The first kappa shape index (κ1) is 15.3. The monoisotopic (exact) mass is 307 g/mol. The molecule has 8 heteroatoms. The van der Waals surface area contributed by atoms with Crippen LogP contribution >= 0.6 is 0 Å². The zero-order valence-corrected chi connectivity index (χ0v) is 10.1. The van der Waals surface area contributed by atoms with Crippen molar-refractivity contribution in [2.24, 2.45) is 0 Å². The molecule has 0 aliphatic heterocycles. The Morgan fingerprint density at radius 3 is 2.14 bits per heavy atom. The molecule has 21 heavy (non-hydrogen) atoms. The maximum absolute atomic E-state index is 13.5. The Balaban J connectivity index is 2.37. The molecule has 1 N–H and O–H groups in total. The summed E-state index contributed by atoms with van der Waals surface area (Å²) in [4.78, 5) is 3.36. The second-order valence-electron chi connectivity index (χ2n) is 4.14. The van der Waals surface area contributed by atoms with Gasteiger partial charge in [-0.25, -0.2) is 13.2 Å². The van der Waals surface area contributed by atoms with Crippen LogP contribution in [0.2, 0.25) is 0 Å². The molecule has 0 bridgehead atoms. The lowest BCUT2D eigenvalue weighted by molar-refractivity contribution is -0.137. The summed E-state index contributed by atoms with van der Waals surface area (Å²) in [7, 11) is 0. The summed E-state index contributed by atoms with van der Waals surface area (Å²) in [5, 5.41) is 9.81. The van der Waals surface area contributed by atoms with Gasteiger partial charge in [0.25, 0.3) is 0 Å². The molecular formula is C13H7F6NO. The normalized spacial score (nSPS) is 13.3. The molecule has 1 atom stereocenters. The van der Waals surface area contributed by atoms with Crippen LogP contribution in [0.1, 0.15) is 22.9 Å². The number of hydrogen-bond acceptors (Lipinski definition) is 2. The lowest BCUT2D eigenvalue weighted by atomic mass is 10.0. The number of aliphatic hydroxyl groups excluding tert-OH is 1. The molecule has 0 saturated heterocycles. The Labute approximate surface area is 114 Å². The third-order valence-corrected chi connectivity index (χ3v) is 2.75. The summed E-state index contributed by atoms with van der Waals surface area (Å²) in [6.07, 6.45) is -5.97. The van der Waals surface area contributed by atoms with Crippen LogP contribution in [0.25, 0.3) is 0 Å². The van der Waals surface area contributed by atoms with Crippen LogP contribution in [0.15, 0.2) is 30.5 Å². The molecule has 1 unspecified atom stereocenters. The first-order chi connectivity index (χ1) is 9.71. The summed E-state index contributed by atoms with van der Waals surface area (Å²) in [5.74, 6) is -4.84. The highest BCUT2D eigenvalue weighted by molar-refractivity contribution is 5.29. The van der Waals surface area contributed by atoms with E-state index in [0.29, 0.717) is 18.3 Å². The molecule has 2 rings (SSSR count). The predicted octanol–water partition coefficient (Wildman–Crippen LogP) is 3.60. The van der Waals surface area contributed by atoms with E-state index in [1.165, 1.54) is 0 Å². The third-order valence-electron chi connectivity index (χ3n) is 2.75. The molecule has 0 radical (unpaired) electrons. The molecule has 0 aliphatic carbocycles. The highest BCUT2D eigenvalue weighted by atomic mass is 19.4. The fourth-order valence-electron chi connectivity index (χ4n) is 1.65. The van der Waals surface area contributed by atoms with Crippen molar-refractivity contribution in [3.05, 3.63) is 64.7 Å². The van der Waals surface area contributed by atoms with Crippen LogP contribution in [-0.4, -0.2) is 10.1 Å². The van der Waals surface area contributed by atoms with Gasteiger partial charge in [0.05, 0.1) is 11.3 Å². The molecule has 1 aromatic heterocycles. The summed E-state index contributed by atoms with van der Waals surface area (Å²) in [6, 6.07) is 2.86. The minimum Gasteiger partial charge on any atom is -0.382 e. The minimum atomic E-state index is -4.61. The van der Waals surface area contributed by atoms with Gasteiger partial charge in [-0.15, -0.1) is 0 Å². The molecule has 1 aromatic carbocycles. The largest absolute Gasteiger partial charge is 0.417 e. The Morgan fingerprint density at radius 2 is 1.62 bits per heavy atom. The Morgan fingerprint density at radius 1 is 0.952 bits per heavy atom. The first-order valence-electron chi connectivity index (χ1n) is 5.56. The van der Waals surface area contributed by atoms with Crippen molar-refractivity contribution in [2.45, 2.75) is 12.3 Å². The van der Waals surface area contributed by atoms with Gasteiger partial charge in [0.1, 0.15) is 6.10 Å². The van der Waals surface area contributed by atoms with Crippen molar-refractivity contribution in [2.75, 3.05) is 0 Å². The number of benzene rings is 1. The zero-order chi connectivity index (χ0) is 15.8. The van der Waals surface area contributed by atoms with E-state index < -0.39 is 40.9 Å². The number of alkyl halides is 3. The van der Waals surface area contributed by atoms with E-state index in [2.05, 4.69) is 4.98 Å². The van der Waals surface area contributed by atoms with Crippen LogP contribution in [0, 0.1) is 17.5 Å². The van der Waals surface area contributed by atoms with Crippen LogP contribution in [0.3, 0.4) is 0 Å². The van der Waals surface area contributed by atoms with Crippen LogP contribution < -0.4 is 0 Å². The Hall–Kier alpha value is -2.09. The van der Waals surface area contributed by atoms with E-state index in [-0.39, 0.29) is 5.69 Å². The van der Waals surface area contributed by atoms with Gasteiger partial charge in [0.15, 0.2) is 17.5 Å². The van der Waals surface area contributed by atoms with E-state index >= 15 is 0 Å². The van der Waals surface area contributed by atoms with Gasteiger partial charge < -0.3 is 5.11 Å². The van der Waals surface area contributed by atoms with Crippen molar-refractivity contribution >= 4 is 0 Å². The van der Waals surface area contributed by atoms with Crippen LogP contribution in [-0.2, 0) is 6.18 Å². The number of nitrogens with zero attached hydrogens (tertiary/aromatic N) is 1. The lowest BCUT2D eigenvalue weighted by Gasteiger charge is -2.13. The molecule has 0 saturated carbocycles. The Kier molecular flexibility index (Phi) is 3.91. The maximum atomic E-state index is 13.5. The third kappa shape index (κ3) is 2.99. The van der Waals surface area contributed by atoms with Gasteiger partial charge in [-0.2, -0.15) is 13.2 Å². The highest BCUT2D eigenvalue weighted by Gasteiger charge is 2.31. The second kappa shape index (κ2) is 5.36. The minimum absolute atomic E-state index is 0.326. The molecule has 0 aliphatic rings. The van der Waals surface area contributed by atoms with E-state index in [4.69, 9.17) is 0 Å². The molecule has 2 aromatic rings. The fourth-order valence-corrected chi connectivity index (χ4v) is 1.65. The van der Waals surface area contributed by atoms with Crippen LogP contribution in [0.5, 0.6) is 0 Å². The van der Waals surface area contributed by atoms with Gasteiger partial charge in [-0.3, -0.25) is 4.98 Å². The average molecular weight is 307 g/mol. The van der Waals surface area contributed by atoms with E-state index in [1.54, 1.807) is 0 Å². The van der Waals surface area contributed by atoms with Gasteiger partial charge in [0, 0.05) is 11.8 Å². The van der Waals surface area contributed by atoms with Gasteiger partial charge in [0.2, 0.25) is 0 Å². The lowest BCUT2D eigenvalue weighted by Crippen LogP contribution is -2.10. The molecule has 2 nitrogen and oxygen atoms in total. The SMILES string of the molecule is OC(c1ccc(C(F)(F)F)cn1)c1ccc(F)c(F)c1F. The van der Waals surface area contributed by atoms with Crippen molar-refractivity contribution in [1.29, 1.82) is 0 Å². The number of aromatic nitrogens is 1. The van der Waals surface area contributed by atoms with Gasteiger partial charge in [-0.05, 0) is 24.3 Å². The fraction of sp³-hybridized carbons (Fsp3) is 0.154. The summed E-state index contributed by atoms with van der Waals surface area (Å²) < 4.78 is 76.4. The number of pyridine rings is 1. The molecular weight excluding hydrogens is 300 g/mol. The molecule has 0 amide bonds. The zero-order valence-electron chi connectivity index (χ0n) is 10.1. The topological polar surface area (TPSA) is 33.1 Å². The maximum Gasteiger partial charge on any atom is 0.417 e. The van der Waals surface area contributed by atoms with E-state index in [0.717, 1.165) is 12.1 Å². The predicted molar refractivity (Wildman–Crippen MR) is 59.6 cm³/mol. The van der Waals surface area contributed by atoms with E-state index in [9.17, 15) is 31.4 Å². The van der Waals surface area contributed by atoms with Crippen molar-refractivity contribution in [3.63, 3.8) is 0 Å². The number of rotatable bonds is 2. The number of hydrogen-bond donors (Lipinski definition) is 1. The van der Waals surface area contributed by atoms with E-state index in [1.807, 2.05) is 0 Å². The molecule has 112 valence electrons. The summed E-state index contributed by atoms with van der Waals surface area (Å²) in [6.45, 7) is 0. The second-order valence-corrected chi connectivity index (χ2v) is 4.14. The quantitative estimate of drug-likeness (QED) is 0.679. The highest BCUT2D eigenvalue weighted by Crippen LogP contribution is 2.30. The van der Waals surface area contributed by atoms with Gasteiger partial charge >= 0.3 is 6.18 Å². The number of halogens is 6. The van der Waals surface area contributed by atoms with Crippen LogP contribution in [0.4, 0.5) is 26.3 Å². The summed E-state index contributed by atoms with van der Waals surface area (Å²) >= 11 is 0. The first-order valence-corrected chi connectivity index (χ1v) is 5.56. The molecule has 0 spiro atoms.